The van der Waals surface area contributed by atoms with E-state index in [4.69, 9.17) is 10.6 Å². The first-order valence-electron chi connectivity index (χ1n) is 13.9. The van der Waals surface area contributed by atoms with Gasteiger partial charge in [-0.05, 0) is 37.6 Å². The highest BCUT2D eigenvalue weighted by Crippen LogP contribution is 2.43. The topological polar surface area (TPSA) is 275 Å². The van der Waals surface area contributed by atoms with Gasteiger partial charge < -0.3 is 41.4 Å². The van der Waals surface area contributed by atoms with Crippen LogP contribution < -0.4 is 11.1 Å². The molecule has 0 bridgehead atoms. The lowest BCUT2D eigenvalue weighted by Gasteiger charge is -2.49. The summed E-state index contributed by atoms with van der Waals surface area (Å²) < 4.78 is 0.408. The van der Waals surface area contributed by atoms with E-state index in [0.717, 1.165) is 39.3 Å². The van der Waals surface area contributed by atoms with Gasteiger partial charge in [-0.2, -0.15) is 0 Å². The first-order valence-corrected chi connectivity index (χ1v) is 17.6. The zero-order chi connectivity index (χ0) is 35.8. The van der Waals surface area contributed by atoms with Crippen LogP contribution in [0.4, 0.5) is 5.13 Å². The fourth-order valence-electron chi connectivity index (χ4n) is 4.50. The van der Waals surface area contributed by atoms with Crippen LogP contribution in [0.1, 0.15) is 24.4 Å². The largest absolute Gasteiger partial charge is 0.504 e. The number of nitrogen functional groups attached to an aromatic ring is 1. The van der Waals surface area contributed by atoms with Crippen LogP contribution in [0.2, 0.25) is 0 Å². The summed E-state index contributed by atoms with van der Waals surface area (Å²) in [5, 5.41) is 55.4. The molecule has 2 aromatic heterocycles. The molecule has 0 aliphatic carbocycles. The number of carboxylic acid groups (broad SMARTS) is 3. The number of aliphatic carboxylic acids is 3. The summed E-state index contributed by atoms with van der Waals surface area (Å²) >= 11 is 4.42. The molecule has 17 nitrogen and oxygen atoms in total. The molecule has 0 radical (unpaired) electrons. The van der Waals surface area contributed by atoms with Crippen LogP contribution in [0.3, 0.4) is 0 Å². The second kappa shape index (κ2) is 13.9. The fourth-order valence-corrected chi connectivity index (χ4v) is 8.73. The summed E-state index contributed by atoms with van der Waals surface area (Å²) in [7, 11) is 0. The Morgan fingerprint density at radius 3 is 2.51 bits per heavy atom. The van der Waals surface area contributed by atoms with Gasteiger partial charge in [0, 0.05) is 27.3 Å². The number of β-lactam (4-membered cyclic amide) rings is 1. The van der Waals surface area contributed by atoms with E-state index in [2.05, 4.69) is 20.4 Å². The van der Waals surface area contributed by atoms with Crippen LogP contribution >= 0.6 is 46.2 Å². The molecular weight excluding hydrogens is 725 g/mol. The SMILES string of the molecule is CC(C)(ON=C(C(=O)N[C@@H]1C(=O)N2C(C(=O)O)=C(CSc3nc(-c4ccc(O)c(O)c4)c(CC(=O)O)s3)CS[C@@H]12)c1csc(N)n1)C(=O)O. The van der Waals surface area contributed by atoms with Crippen molar-refractivity contribution in [2.24, 2.45) is 5.16 Å². The van der Waals surface area contributed by atoms with Crippen LogP contribution in [-0.2, 0) is 35.2 Å². The number of nitrogens with one attached hydrogen (secondary N) is 1. The predicted octanol–water partition coefficient (Wildman–Crippen LogP) is 2.00. The molecule has 5 rings (SSSR count). The first kappa shape index (κ1) is 35.4. The average molecular weight is 751 g/mol. The zero-order valence-corrected chi connectivity index (χ0v) is 28.5. The second-order valence-electron chi connectivity index (χ2n) is 10.9. The van der Waals surface area contributed by atoms with E-state index in [1.54, 1.807) is 0 Å². The average Bonchev–Trinajstić information content (AvgIpc) is 3.64. The van der Waals surface area contributed by atoms with Gasteiger partial charge in [-0.25, -0.2) is 19.6 Å². The van der Waals surface area contributed by atoms with Crippen molar-refractivity contribution in [2.75, 3.05) is 17.2 Å². The van der Waals surface area contributed by atoms with Gasteiger partial charge in [0.1, 0.15) is 22.8 Å². The number of anilines is 1. The fraction of sp³-hybridized carbons (Fsp3) is 0.286. The summed E-state index contributed by atoms with van der Waals surface area (Å²) in [6.45, 7) is 2.43. The van der Waals surface area contributed by atoms with Gasteiger partial charge >= 0.3 is 17.9 Å². The number of nitrogens with two attached hydrogens (primary N) is 1. The molecule has 1 fully saturated rings. The molecule has 4 heterocycles. The van der Waals surface area contributed by atoms with Gasteiger partial charge in [-0.3, -0.25) is 19.3 Å². The number of fused-ring (bicyclic) bond motifs is 1. The maximum atomic E-state index is 13.3. The molecule has 8 N–H and O–H groups in total. The summed E-state index contributed by atoms with van der Waals surface area (Å²) in [6.07, 6.45) is -0.364. The standard InChI is InChI=1S/C28H26N6O11S4/c1-28(2,25(43)44)45-33-18(12-9-47-26(29)30-12)21(39)31-19-22(40)34-20(24(41)42)11(7-46-23(19)34)8-48-27-32-17(15(49-27)6-16(37)38)10-3-4-13(35)14(36)5-10/h3-5,9,19,23,35-36H,6-8H2,1-2H3,(H2,29,30)(H,31,39)(H,37,38)(H,41,42)(H,43,44)/t19-,23+/m1/s1. The second-order valence-corrected chi connectivity index (χ2v) is 15.2. The zero-order valence-electron chi connectivity index (χ0n) is 25.3. The molecule has 0 spiro atoms. The number of carboxylic acids is 3. The molecule has 1 aromatic carbocycles. The number of oxime groups is 1. The Morgan fingerprint density at radius 2 is 1.90 bits per heavy atom. The van der Waals surface area contributed by atoms with Gasteiger partial charge in [0.05, 0.1) is 12.1 Å². The number of amides is 2. The van der Waals surface area contributed by atoms with E-state index in [1.807, 2.05) is 0 Å². The Labute approximate surface area is 292 Å². The van der Waals surface area contributed by atoms with Crippen molar-refractivity contribution in [3.05, 3.63) is 45.4 Å². The molecule has 21 heteroatoms. The molecule has 2 amide bonds. The van der Waals surface area contributed by atoms with Crippen LogP contribution in [0, 0.1) is 0 Å². The minimum Gasteiger partial charge on any atom is -0.504 e. The third-order valence-corrected chi connectivity index (χ3v) is 11.3. The van der Waals surface area contributed by atoms with Crippen LogP contribution in [0.15, 0.2) is 44.3 Å². The maximum absolute atomic E-state index is 13.3. The summed E-state index contributed by atoms with van der Waals surface area (Å²) in [4.78, 5) is 77.1. The normalized spacial score (nSPS) is 17.7. The van der Waals surface area contributed by atoms with Crippen LogP contribution in [0.25, 0.3) is 11.3 Å². The number of thioether (sulfide) groups is 2. The van der Waals surface area contributed by atoms with Gasteiger partial charge in [0.15, 0.2) is 26.7 Å². The van der Waals surface area contributed by atoms with Gasteiger partial charge in [-0.1, -0.05) is 16.9 Å². The summed E-state index contributed by atoms with van der Waals surface area (Å²) in [6, 6.07) is 2.82. The Kier molecular flexibility index (Phi) is 10.1. The number of phenolic OH excluding ortho intramolecular Hbond substituents is 2. The molecule has 3 aromatic rings. The Hall–Kier alpha value is -4.86. The lowest BCUT2D eigenvalue weighted by Crippen LogP contribution is -2.71. The minimum atomic E-state index is -1.81. The van der Waals surface area contributed by atoms with Crippen molar-refractivity contribution < 1.29 is 54.3 Å². The summed E-state index contributed by atoms with van der Waals surface area (Å²) in [5.41, 5.74) is 4.21. The van der Waals surface area contributed by atoms with Crippen LogP contribution in [0.5, 0.6) is 11.5 Å². The Bertz CT molecular complexity index is 1940. The predicted molar refractivity (Wildman–Crippen MR) is 178 cm³/mol. The van der Waals surface area contributed by atoms with Crippen molar-refractivity contribution in [2.45, 2.75) is 41.6 Å². The number of hydrogen-bond acceptors (Lipinski definition) is 16. The van der Waals surface area contributed by atoms with E-state index in [9.17, 15) is 49.5 Å². The number of phenols is 2. The van der Waals surface area contributed by atoms with Crippen molar-refractivity contribution >= 4 is 86.8 Å². The monoisotopic (exact) mass is 750 g/mol. The molecule has 1 saturated heterocycles. The molecule has 2 aliphatic rings. The number of rotatable bonds is 13. The highest BCUT2D eigenvalue weighted by molar-refractivity contribution is 8.01. The van der Waals surface area contributed by atoms with Crippen molar-refractivity contribution in [1.82, 2.24) is 20.2 Å². The van der Waals surface area contributed by atoms with E-state index >= 15 is 0 Å². The molecule has 0 saturated carbocycles. The number of aromatic hydroxyl groups is 2. The number of benzene rings is 1. The van der Waals surface area contributed by atoms with Gasteiger partial charge in [0.2, 0.25) is 5.60 Å². The minimum absolute atomic E-state index is 0.0226. The molecule has 49 heavy (non-hydrogen) atoms. The van der Waals surface area contributed by atoms with Crippen molar-refractivity contribution in [1.29, 1.82) is 0 Å². The molecular formula is C28H26N6O11S4. The van der Waals surface area contributed by atoms with E-state index in [1.165, 1.54) is 49.2 Å². The maximum Gasteiger partial charge on any atom is 0.352 e. The van der Waals surface area contributed by atoms with E-state index in [-0.39, 0.29) is 45.9 Å². The Balaban J connectivity index is 1.34. The first-order chi connectivity index (χ1) is 23.1. The highest BCUT2D eigenvalue weighted by Gasteiger charge is 2.54. The van der Waals surface area contributed by atoms with E-state index in [0.29, 0.717) is 20.4 Å². The number of carbonyl (C=O) groups excluding carboxylic acids is 2. The van der Waals surface area contributed by atoms with Crippen molar-refractivity contribution in [3.63, 3.8) is 0 Å². The quantitative estimate of drug-likeness (QED) is 0.0433. The Morgan fingerprint density at radius 1 is 1.16 bits per heavy atom. The lowest BCUT2D eigenvalue weighted by atomic mass is 10.0. The third kappa shape index (κ3) is 7.43. The number of aromatic nitrogens is 2. The van der Waals surface area contributed by atoms with Gasteiger partial charge in [0.25, 0.3) is 11.8 Å². The number of thiazole rings is 2. The molecule has 2 atom stereocenters. The molecule has 2 aliphatic heterocycles. The van der Waals surface area contributed by atoms with Crippen LogP contribution in [-0.4, -0.2) is 104 Å². The smallest absolute Gasteiger partial charge is 0.352 e. The number of hydrogen-bond donors (Lipinski definition) is 7. The third-order valence-electron chi connectivity index (χ3n) is 7.00. The number of nitrogens with zero attached hydrogens (tertiary/aromatic N) is 4. The summed E-state index contributed by atoms with van der Waals surface area (Å²) in [5.74, 6) is -5.98. The van der Waals surface area contributed by atoms with E-state index < -0.39 is 58.2 Å². The highest BCUT2D eigenvalue weighted by atomic mass is 32.2. The molecule has 0 unspecified atom stereocenters. The lowest BCUT2D eigenvalue weighted by molar-refractivity contribution is -0.161. The van der Waals surface area contributed by atoms with Gasteiger partial charge in [-0.15, -0.1) is 34.4 Å². The van der Waals surface area contributed by atoms with Crippen molar-refractivity contribution in [3.8, 4) is 22.8 Å². The number of carbonyl (C=O) groups is 5. The molecule has 258 valence electrons.